The van der Waals surface area contributed by atoms with Crippen molar-refractivity contribution in [3.8, 4) is 0 Å². The van der Waals surface area contributed by atoms with Crippen molar-refractivity contribution in [1.29, 1.82) is 0 Å². The van der Waals surface area contributed by atoms with E-state index < -0.39 is 0 Å². The van der Waals surface area contributed by atoms with Crippen molar-refractivity contribution in [2.45, 2.75) is 45.6 Å². The molecule has 3 heteroatoms. The lowest BCUT2D eigenvalue weighted by atomic mass is 9.86. The van der Waals surface area contributed by atoms with Gasteiger partial charge < -0.3 is 10.2 Å². The molecule has 1 N–H and O–H groups in total. The van der Waals surface area contributed by atoms with Crippen LogP contribution in [0.15, 0.2) is 24.3 Å². The second kappa shape index (κ2) is 6.78. The summed E-state index contributed by atoms with van der Waals surface area (Å²) in [5.41, 5.74) is 1.73. The van der Waals surface area contributed by atoms with Crippen LogP contribution in [0, 0.1) is 5.92 Å². The first kappa shape index (κ1) is 14.9. The van der Waals surface area contributed by atoms with Gasteiger partial charge in [-0.25, -0.2) is 0 Å². The van der Waals surface area contributed by atoms with Crippen LogP contribution >= 0.6 is 0 Å². The lowest BCUT2D eigenvalue weighted by Crippen LogP contribution is -2.39. The lowest BCUT2D eigenvalue weighted by Gasteiger charge is -2.34. The first-order valence-electron chi connectivity index (χ1n) is 7.73. The number of carbonyl (C=O) groups excluding carboxylic acids is 1. The topological polar surface area (TPSA) is 32.3 Å². The zero-order valence-electron chi connectivity index (χ0n) is 12.9. The third-order valence-corrected chi connectivity index (χ3v) is 4.38. The molecule has 1 saturated carbocycles. The fraction of sp³-hybridized carbons (Fsp3) is 0.588. The van der Waals surface area contributed by atoms with E-state index in [-0.39, 0.29) is 5.91 Å². The molecule has 1 fully saturated rings. The average molecular weight is 274 g/mol. The molecule has 0 atom stereocenters. The van der Waals surface area contributed by atoms with E-state index in [4.69, 9.17) is 0 Å². The Morgan fingerprint density at radius 2 is 1.90 bits per heavy atom. The number of hydrogen-bond acceptors (Lipinski definition) is 2. The zero-order chi connectivity index (χ0) is 14.5. The van der Waals surface area contributed by atoms with Gasteiger partial charge in [0, 0.05) is 25.3 Å². The van der Waals surface area contributed by atoms with Crippen molar-refractivity contribution in [2.75, 3.05) is 18.9 Å². The molecule has 0 aromatic heterocycles. The van der Waals surface area contributed by atoms with Gasteiger partial charge in [-0.2, -0.15) is 0 Å². The molecule has 0 bridgehead atoms. The Labute approximate surface area is 122 Å². The van der Waals surface area contributed by atoms with Crippen LogP contribution in [0.2, 0.25) is 0 Å². The van der Waals surface area contributed by atoms with E-state index in [1.165, 1.54) is 12.8 Å². The summed E-state index contributed by atoms with van der Waals surface area (Å²) >= 11 is 0. The van der Waals surface area contributed by atoms with E-state index in [1.54, 1.807) is 0 Å². The molecule has 1 aliphatic carbocycles. The van der Waals surface area contributed by atoms with Gasteiger partial charge in [0.2, 0.25) is 0 Å². The predicted octanol–water partition coefficient (Wildman–Crippen LogP) is 3.77. The van der Waals surface area contributed by atoms with E-state index in [2.05, 4.69) is 12.2 Å². The minimum absolute atomic E-state index is 0.140. The predicted molar refractivity (Wildman–Crippen MR) is 84.1 cm³/mol. The summed E-state index contributed by atoms with van der Waals surface area (Å²) in [5.74, 6) is 0.949. The van der Waals surface area contributed by atoms with Crippen LogP contribution in [0.4, 0.5) is 5.69 Å². The van der Waals surface area contributed by atoms with Gasteiger partial charge in [0.05, 0.1) is 5.56 Å². The molecule has 2 rings (SSSR count). The molecule has 0 radical (unpaired) electrons. The Hall–Kier alpha value is -1.51. The number of anilines is 1. The summed E-state index contributed by atoms with van der Waals surface area (Å²) in [6.45, 7) is 5.18. The fourth-order valence-electron chi connectivity index (χ4n) is 3.00. The molecule has 0 heterocycles. The second-order valence-corrected chi connectivity index (χ2v) is 5.91. The van der Waals surface area contributed by atoms with Crippen molar-refractivity contribution in [2.24, 2.45) is 5.92 Å². The second-order valence-electron chi connectivity index (χ2n) is 5.91. The van der Waals surface area contributed by atoms with Gasteiger partial charge in [-0.3, -0.25) is 4.79 Å². The van der Waals surface area contributed by atoms with Crippen LogP contribution in [0.5, 0.6) is 0 Å². The van der Waals surface area contributed by atoms with Crippen LogP contribution in [-0.2, 0) is 0 Å². The largest absolute Gasteiger partial charge is 0.385 e. The third kappa shape index (κ3) is 3.33. The summed E-state index contributed by atoms with van der Waals surface area (Å²) < 4.78 is 0. The van der Waals surface area contributed by atoms with Crippen molar-refractivity contribution in [1.82, 2.24) is 4.90 Å². The molecule has 110 valence electrons. The summed E-state index contributed by atoms with van der Waals surface area (Å²) in [4.78, 5) is 14.7. The molecule has 1 aromatic rings. The van der Waals surface area contributed by atoms with Gasteiger partial charge in [-0.1, -0.05) is 19.1 Å². The standard InChI is InChI=1S/C17H26N2O/c1-4-18-16-8-6-5-7-15(16)17(20)19(3)14-11-9-13(2)10-12-14/h5-8,13-14,18H,4,9-12H2,1-3H3. The van der Waals surface area contributed by atoms with E-state index in [0.717, 1.165) is 36.6 Å². The fourth-order valence-corrected chi connectivity index (χ4v) is 3.00. The average Bonchev–Trinajstić information content (AvgIpc) is 2.47. The Bertz CT molecular complexity index is 450. The van der Waals surface area contributed by atoms with Crippen LogP contribution < -0.4 is 5.32 Å². The zero-order valence-corrected chi connectivity index (χ0v) is 12.9. The van der Waals surface area contributed by atoms with Crippen molar-refractivity contribution >= 4 is 11.6 Å². The Morgan fingerprint density at radius 3 is 2.55 bits per heavy atom. The maximum absolute atomic E-state index is 12.7. The smallest absolute Gasteiger partial charge is 0.255 e. The van der Waals surface area contributed by atoms with Crippen molar-refractivity contribution < 1.29 is 4.79 Å². The van der Waals surface area contributed by atoms with Crippen molar-refractivity contribution in [3.63, 3.8) is 0 Å². The van der Waals surface area contributed by atoms with Gasteiger partial charge >= 0.3 is 0 Å². The normalized spacial score (nSPS) is 22.4. The molecule has 0 spiro atoms. The van der Waals surface area contributed by atoms with E-state index in [1.807, 2.05) is 43.1 Å². The molecule has 3 nitrogen and oxygen atoms in total. The number of hydrogen-bond donors (Lipinski definition) is 1. The molecule has 1 amide bonds. The Morgan fingerprint density at radius 1 is 1.25 bits per heavy atom. The highest BCUT2D eigenvalue weighted by atomic mass is 16.2. The molecule has 0 aliphatic heterocycles. The molecule has 0 saturated heterocycles. The molecule has 20 heavy (non-hydrogen) atoms. The first-order valence-corrected chi connectivity index (χ1v) is 7.73. The van der Waals surface area contributed by atoms with E-state index in [0.29, 0.717) is 6.04 Å². The molecular weight excluding hydrogens is 248 g/mol. The first-order chi connectivity index (χ1) is 9.63. The minimum Gasteiger partial charge on any atom is -0.385 e. The number of rotatable bonds is 4. The summed E-state index contributed by atoms with van der Waals surface area (Å²) in [5, 5.41) is 3.27. The van der Waals surface area contributed by atoms with Crippen LogP contribution in [-0.4, -0.2) is 30.4 Å². The third-order valence-electron chi connectivity index (χ3n) is 4.38. The van der Waals surface area contributed by atoms with E-state index in [9.17, 15) is 4.79 Å². The van der Waals surface area contributed by atoms with Crippen LogP contribution in [0.25, 0.3) is 0 Å². The van der Waals surface area contributed by atoms with Crippen molar-refractivity contribution in [3.05, 3.63) is 29.8 Å². The van der Waals surface area contributed by atoms with Crippen LogP contribution in [0.3, 0.4) is 0 Å². The van der Waals surface area contributed by atoms with Crippen LogP contribution in [0.1, 0.15) is 49.9 Å². The highest BCUT2D eigenvalue weighted by Gasteiger charge is 2.26. The number of carbonyl (C=O) groups is 1. The quantitative estimate of drug-likeness (QED) is 0.906. The molecule has 0 unspecified atom stereocenters. The number of benzene rings is 1. The Kier molecular flexibility index (Phi) is 5.05. The van der Waals surface area contributed by atoms with Gasteiger partial charge in [0.1, 0.15) is 0 Å². The van der Waals surface area contributed by atoms with Gasteiger partial charge in [0.25, 0.3) is 5.91 Å². The summed E-state index contributed by atoms with van der Waals surface area (Å²) in [6, 6.07) is 8.20. The monoisotopic (exact) mass is 274 g/mol. The Balaban J connectivity index is 2.10. The maximum Gasteiger partial charge on any atom is 0.255 e. The summed E-state index contributed by atoms with van der Waals surface area (Å²) in [6.07, 6.45) is 4.73. The van der Waals surface area contributed by atoms with E-state index >= 15 is 0 Å². The maximum atomic E-state index is 12.7. The van der Waals surface area contributed by atoms with Gasteiger partial charge in [-0.15, -0.1) is 0 Å². The minimum atomic E-state index is 0.140. The van der Waals surface area contributed by atoms with Gasteiger partial charge in [0.15, 0.2) is 0 Å². The molecule has 1 aromatic carbocycles. The molecular formula is C17H26N2O. The number of para-hydroxylation sites is 1. The highest BCUT2D eigenvalue weighted by molar-refractivity contribution is 5.99. The molecule has 1 aliphatic rings. The number of amides is 1. The lowest BCUT2D eigenvalue weighted by molar-refractivity contribution is 0.0680. The highest BCUT2D eigenvalue weighted by Crippen LogP contribution is 2.28. The SMILES string of the molecule is CCNc1ccccc1C(=O)N(C)C1CCC(C)CC1. The van der Waals surface area contributed by atoms with Gasteiger partial charge in [-0.05, 0) is 50.7 Å². The number of nitrogens with one attached hydrogen (secondary N) is 1. The number of nitrogens with zero attached hydrogens (tertiary/aromatic N) is 1. The summed E-state index contributed by atoms with van der Waals surface area (Å²) in [7, 11) is 1.95.